The van der Waals surface area contributed by atoms with Gasteiger partial charge in [-0.05, 0) is 37.1 Å². The summed E-state index contributed by atoms with van der Waals surface area (Å²) in [7, 11) is 0. The number of thiophene rings is 1. The monoisotopic (exact) mass is 210 g/mol. The van der Waals surface area contributed by atoms with E-state index in [4.69, 9.17) is 5.73 Å². The van der Waals surface area contributed by atoms with Crippen LogP contribution in [0.3, 0.4) is 0 Å². The lowest BCUT2D eigenvalue weighted by Gasteiger charge is -2.24. The van der Waals surface area contributed by atoms with Crippen LogP contribution in [0.15, 0.2) is 17.5 Å². The third kappa shape index (κ3) is 2.56. The SMILES string of the molecule is CC(N)(CNCc1cccs1)C1CC1. The summed E-state index contributed by atoms with van der Waals surface area (Å²) in [6.45, 7) is 4.04. The van der Waals surface area contributed by atoms with Gasteiger partial charge in [-0.2, -0.15) is 0 Å². The predicted octanol–water partition coefficient (Wildman–Crippen LogP) is 1.97. The molecule has 1 aromatic rings. The molecule has 14 heavy (non-hydrogen) atoms. The molecule has 0 aromatic carbocycles. The summed E-state index contributed by atoms with van der Waals surface area (Å²) in [4.78, 5) is 1.39. The van der Waals surface area contributed by atoms with E-state index in [9.17, 15) is 0 Å². The highest BCUT2D eigenvalue weighted by atomic mass is 32.1. The Morgan fingerprint density at radius 2 is 2.43 bits per heavy atom. The Kier molecular flexibility index (Phi) is 2.91. The van der Waals surface area contributed by atoms with Gasteiger partial charge < -0.3 is 11.1 Å². The van der Waals surface area contributed by atoms with Crippen LogP contribution in [0.1, 0.15) is 24.6 Å². The third-order valence-electron chi connectivity index (χ3n) is 2.90. The van der Waals surface area contributed by atoms with Crippen LogP contribution in [0.2, 0.25) is 0 Å². The van der Waals surface area contributed by atoms with Gasteiger partial charge in [-0.1, -0.05) is 6.07 Å². The molecule has 1 saturated carbocycles. The van der Waals surface area contributed by atoms with Gasteiger partial charge in [-0.3, -0.25) is 0 Å². The maximum Gasteiger partial charge on any atom is 0.0300 e. The maximum atomic E-state index is 6.20. The van der Waals surface area contributed by atoms with Gasteiger partial charge in [-0.25, -0.2) is 0 Å². The first-order chi connectivity index (χ1) is 6.68. The molecule has 1 aromatic heterocycles. The summed E-state index contributed by atoms with van der Waals surface area (Å²) < 4.78 is 0. The van der Waals surface area contributed by atoms with Crippen molar-refractivity contribution in [3.63, 3.8) is 0 Å². The van der Waals surface area contributed by atoms with Crippen molar-refractivity contribution in [2.75, 3.05) is 6.54 Å². The van der Waals surface area contributed by atoms with Crippen molar-refractivity contribution in [3.05, 3.63) is 22.4 Å². The first-order valence-electron chi connectivity index (χ1n) is 5.20. The Bertz CT molecular complexity index is 275. The number of hydrogen-bond acceptors (Lipinski definition) is 3. The van der Waals surface area contributed by atoms with Gasteiger partial charge in [0, 0.05) is 23.5 Å². The molecule has 1 fully saturated rings. The number of nitrogens with two attached hydrogens (primary N) is 1. The van der Waals surface area contributed by atoms with Crippen LogP contribution < -0.4 is 11.1 Å². The molecular weight excluding hydrogens is 192 g/mol. The molecule has 0 bridgehead atoms. The normalized spacial score (nSPS) is 20.7. The summed E-state index contributed by atoms with van der Waals surface area (Å²) in [5.74, 6) is 0.748. The molecule has 78 valence electrons. The zero-order valence-corrected chi connectivity index (χ0v) is 9.44. The molecule has 1 aliphatic rings. The molecular formula is C11H18N2S. The van der Waals surface area contributed by atoms with Crippen molar-refractivity contribution in [2.45, 2.75) is 31.8 Å². The zero-order valence-electron chi connectivity index (χ0n) is 8.62. The second-order valence-electron chi connectivity index (χ2n) is 4.46. The molecule has 0 saturated heterocycles. The molecule has 1 heterocycles. The number of rotatable bonds is 5. The van der Waals surface area contributed by atoms with E-state index in [2.05, 4.69) is 29.8 Å². The highest BCUT2D eigenvalue weighted by Crippen LogP contribution is 2.37. The average molecular weight is 210 g/mol. The van der Waals surface area contributed by atoms with Gasteiger partial charge in [-0.15, -0.1) is 11.3 Å². The van der Waals surface area contributed by atoms with Gasteiger partial charge >= 0.3 is 0 Å². The van der Waals surface area contributed by atoms with Crippen molar-refractivity contribution < 1.29 is 0 Å². The van der Waals surface area contributed by atoms with E-state index < -0.39 is 0 Å². The van der Waals surface area contributed by atoms with Crippen LogP contribution in [-0.2, 0) is 6.54 Å². The van der Waals surface area contributed by atoms with E-state index in [0.717, 1.165) is 19.0 Å². The largest absolute Gasteiger partial charge is 0.324 e. The molecule has 3 N–H and O–H groups in total. The summed E-state index contributed by atoms with van der Waals surface area (Å²) >= 11 is 1.79. The fraction of sp³-hybridized carbons (Fsp3) is 0.636. The van der Waals surface area contributed by atoms with E-state index in [1.807, 2.05) is 0 Å². The Hall–Kier alpha value is -0.380. The molecule has 0 amide bonds. The summed E-state index contributed by atoms with van der Waals surface area (Å²) in [6.07, 6.45) is 2.63. The lowest BCUT2D eigenvalue weighted by molar-refractivity contribution is 0.380. The fourth-order valence-corrected chi connectivity index (χ4v) is 2.43. The Balaban J connectivity index is 1.72. The highest BCUT2D eigenvalue weighted by Gasteiger charge is 2.37. The van der Waals surface area contributed by atoms with Crippen molar-refractivity contribution in [2.24, 2.45) is 11.7 Å². The molecule has 2 rings (SSSR count). The summed E-state index contributed by atoms with van der Waals surface area (Å²) in [6, 6.07) is 4.24. The molecule has 1 unspecified atom stereocenters. The van der Waals surface area contributed by atoms with Crippen LogP contribution in [0, 0.1) is 5.92 Å². The van der Waals surface area contributed by atoms with Crippen LogP contribution in [0.4, 0.5) is 0 Å². The standard InChI is InChI=1S/C11H18N2S/c1-11(12,9-4-5-9)8-13-7-10-3-2-6-14-10/h2-3,6,9,13H,4-5,7-8,12H2,1H3. The quantitative estimate of drug-likeness (QED) is 0.779. The van der Waals surface area contributed by atoms with Crippen molar-refractivity contribution in [3.8, 4) is 0 Å². The van der Waals surface area contributed by atoms with Gasteiger partial charge in [0.25, 0.3) is 0 Å². The minimum Gasteiger partial charge on any atom is -0.324 e. The van der Waals surface area contributed by atoms with Gasteiger partial charge in [0.2, 0.25) is 0 Å². The van der Waals surface area contributed by atoms with E-state index in [1.165, 1.54) is 17.7 Å². The average Bonchev–Trinajstić information content (AvgIpc) is 2.87. The topological polar surface area (TPSA) is 38.0 Å². The lowest BCUT2D eigenvalue weighted by Crippen LogP contribution is -2.47. The molecule has 0 spiro atoms. The van der Waals surface area contributed by atoms with E-state index in [-0.39, 0.29) is 5.54 Å². The molecule has 2 nitrogen and oxygen atoms in total. The second-order valence-corrected chi connectivity index (χ2v) is 5.50. The first kappa shape index (κ1) is 10.1. The van der Waals surface area contributed by atoms with Crippen molar-refractivity contribution in [1.82, 2.24) is 5.32 Å². The molecule has 0 aliphatic heterocycles. The maximum absolute atomic E-state index is 6.20. The Labute approximate surface area is 89.5 Å². The highest BCUT2D eigenvalue weighted by molar-refractivity contribution is 7.09. The van der Waals surface area contributed by atoms with Crippen LogP contribution in [0.5, 0.6) is 0 Å². The van der Waals surface area contributed by atoms with E-state index >= 15 is 0 Å². The lowest BCUT2D eigenvalue weighted by atomic mass is 9.97. The molecule has 0 radical (unpaired) electrons. The Morgan fingerprint density at radius 1 is 1.64 bits per heavy atom. The smallest absolute Gasteiger partial charge is 0.0300 e. The zero-order chi connectivity index (χ0) is 10.0. The van der Waals surface area contributed by atoms with E-state index in [0.29, 0.717) is 0 Å². The van der Waals surface area contributed by atoms with Gasteiger partial charge in [0.1, 0.15) is 0 Å². The predicted molar refractivity (Wildman–Crippen MR) is 61.3 cm³/mol. The fourth-order valence-electron chi connectivity index (χ4n) is 1.76. The third-order valence-corrected chi connectivity index (χ3v) is 3.77. The van der Waals surface area contributed by atoms with Gasteiger partial charge in [0.05, 0.1) is 0 Å². The first-order valence-corrected chi connectivity index (χ1v) is 6.08. The second kappa shape index (κ2) is 4.01. The summed E-state index contributed by atoms with van der Waals surface area (Å²) in [5, 5.41) is 5.55. The van der Waals surface area contributed by atoms with E-state index in [1.54, 1.807) is 11.3 Å². The molecule has 1 aliphatic carbocycles. The molecule has 3 heteroatoms. The number of hydrogen-bond donors (Lipinski definition) is 2. The molecule has 1 atom stereocenters. The number of nitrogens with one attached hydrogen (secondary N) is 1. The minimum atomic E-state index is -0.00272. The van der Waals surface area contributed by atoms with Crippen molar-refractivity contribution in [1.29, 1.82) is 0 Å². The Morgan fingerprint density at radius 3 is 3.00 bits per heavy atom. The van der Waals surface area contributed by atoms with Crippen LogP contribution in [0.25, 0.3) is 0 Å². The minimum absolute atomic E-state index is 0.00272. The van der Waals surface area contributed by atoms with Crippen molar-refractivity contribution >= 4 is 11.3 Å². The van der Waals surface area contributed by atoms with Crippen LogP contribution >= 0.6 is 11.3 Å². The van der Waals surface area contributed by atoms with Crippen LogP contribution in [-0.4, -0.2) is 12.1 Å². The van der Waals surface area contributed by atoms with Gasteiger partial charge in [0.15, 0.2) is 0 Å². The summed E-state index contributed by atoms with van der Waals surface area (Å²) in [5.41, 5.74) is 6.20.